The third-order valence-corrected chi connectivity index (χ3v) is 6.47. The molecule has 1 unspecified atom stereocenters. The normalized spacial score (nSPS) is 17.3. The molecule has 0 aliphatic carbocycles. The lowest BCUT2D eigenvalue weighted by Gasteiger charge is -2.38. The van der Waals surface area contributed by atoms with Crippen LogP contribution in [0.25, 0.3) is 28.2 Å². The zero-order chi connectivity index (χ0) is 22.9. The standard InChI is InChI=1S/C26H28N6O/c1-17-15-28-23(14-20(17)26(33)31-12-7-6-10-24(31)18(2)27)21-16-29-32-13-11-22(30-25(21)32)19-8-4-3-5-9-19/h3-5,8-9,11,13-16,18,24H,6-7,10,12,27H2,1-2H3/t18-,24?/m1/s1. The smallest absolute Gasteiger partial charge is 0.254 e. The van der Waals surface area contributed by atoms with E-state index in [1.807, 2.05) is 67.4 Å². The Morgan fingerprint density at radius 3 is 2.73 bits per heavy atom. The van der Waals surface area contributed by atoms with E-state index >= 15 is 0 Å². The number of carbonyl (C=O) groups is 1. The largest absolute Gasteiger partial charge is 0.334 e. The Hall–Kier alpha value is -3.58. The van der Waals surface area contributed by atoms with Crippen molar-refractivity contribution in [2.45, 2.75) is 45.2 Å². The molecular weight excluding hydrogens is 412 g/mol. The molecule has 4 heterocycles. The summed E-state index contributed by atoms with van der Waals surface area (Å²) in [5, 5.41) is 4.45. The van der Waals surface area contributed by atoms with E-state index in [4.69, 9.17) is 10.7 Å². The van der Waals surface area contributed by atoms with Gasteiger partial charge >= 0.3 is 0 Å². The molecule has 7 heteroatoms. The molecule has 1 aliphatic rings. The fourth-order valence-corrected chi connectivity index (χ4v) is 4.63. The monoisotopic (exact) mass is 440 g/mol. The van der Waals surface area contributed by atoms with Crippen LogP contribution in [-0.2, 0) is 0 Å². The van der Waals surface area contributed by atoms with Crippen LogP contribution in [0.2, 0.25) is 0 Å². The fourth-order valence-electron chi connectivity index (χ4n) is 4.63. The van der Waals surface area contributed by atoms with Gasteiger partial charge in [-0.25, -0.2) is 9.50 Å². The summed E-state index contributed by atoms with van der Waals surface area (Å²) in [4.78, 5) is 25.0. The number of nitrogens with zero attached hydrogens (tertiary/aromatic N) is 5. The molecule has 1 aromatic carbocycles. The highest BCUT2D eigenvalue weighted by molar-refractivity contribution is 5.97. The van der Waals surface area contributed by atoms with Crippen molar-refractivity contribution in [2.24, 2.45) is 5.73 Å². The van der Waals surface area contributed by atoms with Gasteiger partial charge in [-0.15, -0.1) is 0 Å². The molecule has 1 saturated heterocycles. The van der Waals surface area contributed by atoms with Crippen LogP contribution in [0, 0.1) is 6.92 Å². The van der Waals surface area contributed by atoms with E-state index in [0.29, 0.717) is 16.9 Å². The Kier molecular flexibility index (Phi) is 5.64. The average Bonchev–Trinajstić information content (AvgIpc) is 3.28. The molecule has 2 N–H and O–H groups in total. The quantitative estimate of drug-likeness (QED) is 0.516. The molecule has 5 rings (SSSR count). The molecule has 33 heavy (non-hydrogen) atoms. The Balaban J connectivity index is 1.54. The number of aryl methyl sites for hydroxylation is 1. The zero-order valence-corrected chi connectivity index (χ0v) is 19.0. The van der Waals surface area contributed by atoms with Crippen molar-refractivity contribution in [1.29, 1.82) is 0 Å². The second-order valence-corrected chi connectivity index (χ2v) is 8.81. The maximum Gasteiger partial charge on any atom is 0.254 e. The number of carbonyl (C=O) groups excluding carboxylic acids is 1. The fraction of sp³-hybridized carbons (Fsp3) is 0.308. The Morgan fingerprint density at radius 2 is 1.94 bits per heavy atom. The first kappa shape index (κ1) is 21.3. The number of likely N-dealkylation sites (tertiary alicyclic amines) is 1. The molecule has 1 fully saturated rings. The molecule has 3 aromatic heterocycles. The number of hydrogen-bond acceptors (Lipinski definition) is 5. The van der Waals surface area contributed by atoms with Gasteiger partial charge in [0.25, 0.3) is 5.91 Å². The predicted molar refractivity (Wildman–Crippen MR) is 129 cm³/mol. The number of rotatable bonds is 4. The van der Waals surface area contributed by atoms with Crippen molar-refractivity contribution < 1.29 is 4.79 Å². The number of aromatic nitrogens is 4. The molecule has 1 aliphatic heterocycles. The van der Waals surface area contributed by atoms with E-state index in [1.54, 1.807) is 16.9 Å². The van der Waals surface area contributed by atoms with Gasteiger partial charge in [0.05, 0.1) is 23.1 Å². The van der Waals surface area contributed by atoms with Crippen molar-refractivity contribution in [1.82, 2.24) is 24.5 Å². The van der Waals surface area contributed by atoms with E-state index in [2.05, 4.69) is 10.1 Å². The highest BCUT2D eigenvalue weighted by Gasteiger charge is 2.31. The van der Waals surface area contributed by atoms with Crippen molar-refractivity contribution in [3.05, 3.63) is 72.2 Å². The Bertz CT molecular complexity index is 1300. The molecule has 2 atom stereocenters. The van der Waals surface area contributed by atoms with Gasteiger partial charge in [0.1, 0.15) is 0 Å². The van der Waals surface area contributed by atoms with Crippen molar-refractivity contribution in [3.8, 4) is 22.5 Å². The lowest BCUT2D eigenvalue weighted by atomic mass is 9.95. The van der Waals surface area contributed by atoms with Crippen molar-refractivity contribution in [2.75, 3.05) is 6.54 Å². The van der Waals surface area contributed by atoms with Crippen LogP contribution in [0.1, 0.15) is 42.1 Å². The first-order chi connectivity index (χ1) is 16.0. The minimum atomic E-state index is -0.0592. The van der Waals surface area contributed by atoms with Gasteiger partial charge in [0.15, 0.2) is 5.65 Å². The van der Waals surface area contributed by atoms with E-state index < -0.39 is 0 Å². The molecule has 1 amide bonds. The summed E-state index contributed by atoms with van der Waals surface area (Å²) >= 11 is 0. The van der Waals surface area contributed by atoms with Gasteiger partial charge in [-0.2, -0.15) is 5.10 Å². The van der Waals surface area contributed by atoms with Gasteiger partial charge < -0.3 is 10.6 Å². The summed E-state index contributed by atoms with van der Waals surface area (Å²) in [6, 6.07) is 13.9. The lowest BCUT2D eigenvalue weighted by molar-refractivity contribution is 0.0583. The van der Waals surface area contributed by atoms with Crippen LogP contribution >= 0.6 is 0 Å². The minimum absolute atomic E-state index is 0.0209. The Labute approximate surface area is 193 Å². The topological polar surface area (TPSA) is 89.4 Å². The number of piperidine rings is 1. The third-order valence-electron chi connectivity index (χ3n) is 6.47. The van der Waals surface area contributed by atoms with Crippen LogP contribution in [0.4, 0.5) is 0 Å². The summed E-state index contributed by atoms with van der Waals surface area (Å²) in [6.07, 6.45) is 8.48. The molecular formula is C26H28N6O. The number of nitrogens with two attached hydrogens (primary N) is 1. The molecule has 4 aromatic rings. The second-order valence-electron chi connectivity index (χ2n) is 8.81. The van der Waals surface area contributed by atoms with E-state index in [9.17, 15) is 4.79 Å². The predicted octanol–water partition coefficient (Wildman–Crippen LogP) is 4.11. The van der Waals surface area contributed by atoms with Crippen LogP contribution in [-0.4, -0.2) is 49.0 Å². The number of pyridine rings is 1. The summed E-state index contributed by atoms with van der Waals surface area (Å²) in [5.74, 6) is 0.0209. The van der Waals surface area contributed by atoms with Crippen LogP contribution in [0.15, 0.2) is 61.1 Å². The van der Waals surface area contributed by atoms with E-state index in [0.717, 1.165) is 48.2 Å². The molecule has 0 saturated carbocycles. The van der Waals surface area contributed by atoms with Gasteiger partial charge in [0.2, 0.25) is 0 Å². The maximum atomic E-state index is 13.6. The molecule has 0 bridgehead atoms. The number of amides is 1. The highest BCUT2D eigenvalue weighted by atomic mass is 16.2. The van der Waals surface area contributed by atoms with Gasteiger partial charge in [-0.05, 0) is 50.8 Å². The van der Waals surface area contributed by atoms with Gasteiger partial charge in [-0.1, -0.05) is 30.3 Å². The van der Waals surface area contributed by atoms with Crippen LogP contribution in [0.3, 0.4) is 0 Å². The molecule has 7 nitrogen and oxygen atoms in total. The maximum absolute atomic E-state index is 13.6. The van der Waals surface area contributed by atoms with Gasteiger partial charge in [0, 0.05) is 42.1 Å². The summed E-state index contributed by atoms with van der Waals surface area (Å²) in [5.41, 5.74) is 11.8. The number of benzene rings is 1. The molecule has 168 valence electrons. The van der Waals surface area contributed by atoms with Crippen molar-refractivity contribution in [3.63, 3.8) is 0 Å². The summed E-state index contributed by atoms with van der Waals surface area (Å²) in [6.45, 7) is 4.65. The van der Waals surface area contributed by atoms with E-state index in [-0.39, 0.29) is 18.0 Å². The first-order valence-corrected chi connectivity index (χ1v) is 11.5. The number of hydrogen-bond donors (Lipinski definition) is 1. The summed E-state index contributed by atoms with van der Waals surface area (Å²) < 4.78 is 1.74. The van der Waals surface area contributed by atoms with Crippen molar-refractivity contribution >= 4 is 11.6 Å². The van der Waals surface area contributed by atoms with Crippen LogP contribution in [0.5, 0.6) is 0 Å². The average molecular weight is 441 g/mol. The summed E-state index contributed by atoms with van der Waals surface area (Å²) in [7, 11) is 0. The third kappa shape index (κ3) is 4.00. The van der Waals surface area contributed by atoms with Crippen LogP contribution < -0.4 is 5.73 Å². The number of fused-ring (bicyclic) bond motifs is 1. The SMILES string of the molecule is Cc1cnc(-c2cnn3ccc(-c4ccccc4)nc23)cc1C(=O)N1CCCCC1[C@@H](C)N. The zero-order valence-electron chi connectivity index (χ0n) is 19.0. The van der Waals surface area contributed by atoms with Gasteiger partial charge in [-0.3, -0.25) is 9.78 Å². The first-order valence-electron chi connectivity index (χ1n) is 11.5. The lowest BCUT2D eigenvalue weighted by Crippen LogP contribution is -2.51. The molecule has 0 spiro atoms. The highest BCUT2D eigenvalue weighted by Crippen LogP contribution is 2.28. The Morgan fingerprint density at radius 1 is 1.12 bits per heavy atom. The van der Waals surface area contributed by atoms with E-state index in [1.165, 1.54) is 0 Å². The minimum Gasteiger partial charge on any atom is -0.334 e. The molecule has 0 radical (unpaired) electrons. The second kappa shape index (κ2) is 8.75.